The van der Waals surface area contributed by atoms with Crippen molar-refractivity contribution in [1.82, 2.24) is 0 Å². The fourth-order valence-electron chi connectivity index (χ4n) is 10.2. The predicted molar refractivity (Wildman–Crippen MR) is 216 cm³/mol. The molecule has 0 N–H and O–H groups in total. The second-order valence-electron chi connectivity index (χ2n) is 17.1. The summed E-state index contributed by atoms with van der Waals surface area (Å²) < 4.78 is 0. The van der Waals surface area contributed by atoms with E-state index in [2.05, 4.69) is 117 Å². The first-order chi connectivity index (χ1) is 21.8. The van der Waals surface area contributed by atoms with Gasteiger partial charge in [0.1, 0.15) is 0 Å². The summed E-state index contributed by atoms with van der Waals surface area (Å²) in [5.74, 6) is 3.71. The van der Waals surface area contributed by atoms with E-state index in [1.54, 1.807) is 16.2 Å². The van der Waals surface area contributed by atoms with Gasteiger partial charge >= 0.3 is 17.1 Å². The van der Waals surface area contributed by atoms with Gasteiger partial charge in [-0.1, -0.05) is 102 Å². The first-order valence-corrected chi connectivity index (χ1v) is 27.3. The zero-order valence-corrected chi connectivity index (χ0v) is 35.4. The standard InChI is InChI=1S/C37H53P2Si2.C5H5.Fe/c1-25-13-9-11-15-32(25)39(33-16-12-10-14-26(33)2)24-30-20-34(40(3,4)5)36(41(6,7)8)35(30)37-21-27-17-28(22-37)19-29(18-27)31(37)23-38;1-2-4-5-3-1;/h9-16,20,27-29,31H,17-19,21-24,38H2,1-8H3;1-5H;/q2*-1;+2. The Balaban J connectivity index is 0.000000662. The number of hydrogen-bond acceptors (Lipinski definition) is 0. The first kappa shape index (κ1) is 37.2. The molecule has 8 rings (SSSR count). The molecule has 252 valence electrons. The summed E-state index contributed by atoms with van der Waals surface area (Å²) >= 11 is 0. The zero-order chi connectivity index (χ0) is 32.9. The summed E-state index contributed by atoms with van der Waals surface area (Å²) in [4.78, 5) is 0. The van der Waals surface area contributed by atoms with E-state index in [1.165, 1.54) is 55.6 Å². The van der Waals surface area contributed by atoms with Crippen molar-refractivity contribution in [1.29, 1.82) is 0 Å². The Morgan fingerprint density at radius 1 is 0.809 bits per heavy atom. The van der Waals surface area contributed by atoms with E-state index >= 15 is 0 Å². The molecule has 4 aliphatic rings. The largest absolute Gasteiger partial charge is 2.00 e. The van der Waals surface area contributed by atoms with Crippen LogP contribution in [-0.2, 0) is 28.6 Å². The molecule has 0 spiro atoms. The van der Waals surface area contributed by atoms with Gasteiger partial charge in [0.05, 0.1) is 8.07 Å². The molecule has 4 saturated carbocycles. The molecule has 47 heavy (non-hydrogen) atoms. The third-order valence-corrected chi connectivity index (χ3v) is 19.3. The monoisotopic (exact) mass is 736 g/mol. The molecular weight excluding hydrogens is 678 g/mol. The van der Waals surface area contributed by atoms with Crippen molar-refractivity contribution in [2.24, 2.45) is 23.7 Å². The van der Waals surface area contributed by atoms with Gasteiger partial charge in [0.2, 0.25) is 0 Å². The van der Waals surface area contributed by atoms with Gasteiger partial charge in [-0.15, -0.1) is 9.24 Å². The van der Waals surface area contributed by atoms with Crippen molar-refractivity contribution in [3.63, 3.8) is 0 Å². The fraction of sp³-hybridized carbons (Fsp3) is 0.476. The van der Waals surface area contributed by atoms with E-state index in [9.17, 15) is 0 Å². The zero-order valence-electron chi connectivity index (χ0n) is 30.2. The van der Waals surface area contributed by atoms with Gasteiger partial charge in [-0.05, 0) is 103 Å². The molecule has 4 unspecified atom stereocenters. The van der Waals surface area contributed by atoms with Crippen molar-refractivity contribution in [3.8, 4) is 0 Å². The molecule has 0 aliphatic heterocycles. The Hall–Kier alpha value is -1.05. The minimum absolute atomic E-state index is 0. The maximum atomic E-state index is 3.25. The van der Waals surface area contributed by atoms with Crippen LogP contribution in [0.5, 0.6) is 0 Å². The van der Waals surface area contributed by atoms with E-state index in [4.69, 9.17) is 0 Å². The Kier molecular flexibility index (Phi) is 11.6. The van der Waals surface area contributed by atoms with Crippen LogP contribution in [0.2, 0.25) is 39.3 Å². The van der Waals surface area contributed by atoms with Crippen LogP contribution >= 0.6 is 17.2 Å². The molecular formula is C42H58FeP2Si2. The van der Waals surface area contributed by atoms with E-state index in [0.29, 0.717) is 5.41 Å². The van der Waals surface area contributed by atoms with Crippen molar-refractivity contribution >= 4 is 54.3 Å². The predicted octanol–water partition coefficient (Wildman–Crippen LogP) is 9.72. The molecule has 0 saturated heterocycles. The maximum Gasteiger partial charge on any atom is 2.00 e. The molecule has 4 aromatic rings. The van der Waals surface area contributed by atoms with Gasteiger partial charge in [0.25, 0.3) is 0 Å². The molecule has 4 aliphatic carbocycles. The number of benzene rings is 2. The first-order valence-electron chi connectivity index (χ1n) is 17.9. The Bertz CT molecular complexity index is 1550. The Labute approximate surface area is 303 Å². The quantitative estimate of drug-likeness (QED) is 0.0961. The molecule has 4 bridgehead atoms. The minimum atomic E-state index is -1.60. The van der Waals surface area contributed by atoms with Gasteiger partial charge in [-0.3, -0.25) is 0 Å². The summed E-state index contributed by atoms with van der Waals surface area (Å²) in [6.07, 6.45) is 9.95. The van der Waals surface area contributed by atoms with E-state index in [1.807, 2.05) is 46.3 Å². The smallest absolute Gasteiger partial charge is 0.214 e. The number of aryl methyl sites for hydroxylation is 2. The average molecular weight is 737 g/mol. The second-order valence-corrected chi connectivity index (χ2v) is 29.7. The third-order valence-electron chi connectivity index (χ3n) is 11.7. The topological polar surface area (TPSA) is 0 Å². The molecule has 4 atom stereocenters. The van der Waals surface area contributed by atoms with Crippen molar-refractivity contribution in [2.45, 2.75) is 96.8 Å². The van der Waals surface area contributed by atoms with E-state index < -0.39 is 24.1 Å². The summed E-state index contributed by atoms with van der Waals surface area (Å²) in [5, 5.41) is 6.91. The summed E-state index contributed by atoms with van der Waals surface area (Å²) in [6, 6.07) is 31.4. The van der Waals surface area contributed by atoms with Crippen molar-refractivity contribution < 1.29 is 17.1 Å². The summed E-state index contributed by atoms with van der Waals surface area (Å²) in [6.45, 7) is 20.6. The molecule has 0 nitrogen and oxygen atoms in total. The molecule has 0 aromatic heterocycles. The van der Waals surface area contributed by atoms with Gasteiger partial charge < -0.3 is 0 Å². The molecule has 0 amide bonds. The molecule has 5 heteroatoms. The van der Waals surface area contributed by atoms with Gasteiger partial charge in [0.15, 0.2) is 0 Å². The van der Waals surface area contributed by atoms with Crippen LogP contribution in [0.3, 0.4) is 0 Å². The number of hydrogen-bond donors (Lipinski definition) is 0. The van der Waals surface area contributed by atoms with E-state index in [0.717, 1.165) is 23.7 Å². The van der Waals surface area contributed by atoms with Crippen LogP contribution in [0.4, 0.5) is 0 Å². The van der Waals surface area contributed by atoms with Crippen LogP contribution in [0.25, 0.3) is 0 Å². The average Bonchev–Trinajstić information content (AvgIpc) is 3.69. The van der Waals surface area contributed by atoms with Gasteiger partial charge in [-0.25, -0.2) is 18.2 Å². The molecule has 4 fully saturated rings. The fourth-order valence-corrected chi connectivity index (χ4v) is 19.5. The Morgan fingerprint density at radius 3 is 1.77 bits per heavy atom. The molecule has 0 heterocycles. The Morgan fingerprint density at radius 2 is 1.34 bits per heavy atom. The van der Waals surface area contributed by atoms with Crippen LogP contribution in [-0.4, -0.2) is 22.3 Å². The van der Waals surface area contributed by atoms with Gasteiger partial charge in [-0.2, -0.15) is 39.7 Å². The second kappa shape index (κ2) is 14.7. The van der Waals surface area contributed by atoms with Crippen molar-refractivity contribution in [2.75, 3.05) is 6.16 Å². The third kappa shape index (κ3) is 7.39. The SMILES string of the molecule is Cc1ccccc1P(Cc1cc([Si](C)(C)C)[c-]([Si](C)(C)C)c1C12CC3CC(CC(C3)C1CP)C2)c1ccccc1C.[Fe+2].c1cc[cH-]c1. The normalized spacial score (nSPS) is 25.0. The summed E-state index contributed by atoms with van der Waals surface area (Å²) in [7, 11) is -0.377. The molecule has 0 radical (unpaired) electrons. The number of rotatable bonds is 8. The maximum absolute atomic E-state index is 3.25. The van der Waals surface area contributed by atoms with Crippen LogP contribution in [0.15, 0.2) is 84.9 Å². The van der Waals surface area contributed by atoms with Crippen LogP contribution < -0.4 is 21.0 Å². The van der Waals surface area contributed by atoms with Crippen molar-refractivity contribution in [3.05, 3.63) is 107 Å². The molecule has 4 aromatic carbocycles. The van der Waals surface area contributed by atoms with Crippen LogP contribution in [0.1, 0.15) is 54.4 Å². The van der Waals surface area contributed by atoms with Gasteiger partial charge in [0, 0.05) is 8.07 Å². The van der Waals surface area contributed by atoms with Crippen LogP contribution in [0, 0.1) is 37.5 Å². The van der Waals surface area contributed by atoms with E-state index in [-0.39, 0.29) is 17.1 Å². The minimum Gasteiger partial charge on any atom is -0.214 e. The summed E-state index contributed by atoms with van der Waals surface area (Å²) in [5.41, 5.74) is 7.02.